The van der Waals surface area contributed by atoms with Gasteiger partial charge in [-0.25, -0.2) is 4.98 Å². The van der Waals surface area contributed by atoms with Crippen molar-refractivity contribution in [2.45, 2.75) is 62.9 Å². The number of imidazole rings is 1. The van der Waals surface area contributed by atoms with Crippen LogP contribution in [0.4, 0.5) is 10.2 Å². The van der Waals surface area contributed by atoms with E-state index in [1.54, 1.807) is 0 Å². The molecule has 1 aliphatic heterocycles. The lowest BCUT2D eigenvalue weighted by molar-refractivity contribution is -0.176. The molecule has 0 aromatic carbocycles. The van der Waals surface area contributed by atoms with Crippen LogP contribution in [0.5, 0.6) is 0 Å². The zero-order chi connectivity index (χ0) is 21.8. The molecule has 10 heteroatoms. The SMILES string of the molecule is C#C[C@]1(CO)O[C@@H](n2cnc3c(N)nc(F)nc32)C[C@@H]1OC(=O)C12CCC(CC1)CC2. The molecule has 4 aliphatic rings. The molecule has 3 aliphatic carbocycles. The fourth-order valence-corrected chi connectivity index (χ4v) is 5.30. The van der Waals surface area contributed by atoms with Crippen LogP contribution < -0.4 is 5.73 Å². The summed E-state index contributed by atoms with van der Waals surface area (Å²) in [6.45, 7) is -0.537. The summed E-state index contributed by atoms with van der Waals surface area (Å²) in [5, 5.41) is 10.1. The fourth-order valence-electron chi connectivity index (χ4n) is 5.30. The summed E-state index contributed by atoms with van der Waals surface area (Å²) in [4.78, 5) is 24.6. The number of terminal acetylenes is 1. The van der Waals surface area contributed by atoms with E-state index >= 15 is 0 Å². The van der Waals surface area contributed by atoms with Gasteiger partial charge in [-0.15, -0.1) is 6.42 Å². The van der Waals surface area contributed by atoms with Gasteiger partial charge in [-0.05, 0) is 44.4 Å². The lowest BCUT2D eigenvalue weighted by Crippen LogP contribution is -2.48. The van der Waals surface area contributed by atoms with Crippen molar-refractivity contribution < 1.29 is 23.8 Å². The van der Waals surface area contributed by atoms with Crippen molar-refractivity contribution in [1.29, 1.82) is 0 Å². The van der Waals surface area contributed by atoms with Crippen LogP contribution in [0.3, 0.4) is 0 Å². The van der Waals surface area contributed by atoms with Gasteiger partial charge in [0.1, 0.15) is 12.3 Å². The molecule has 0 spiro atoms. The third-order valence-electron chi connectivity index (χ3n) is 7.27. The molecular formula is C21H24FN5O4. The van der Waals surface area contributed by atoms with Crippen molar-refractivity contribution in [2.24, 2.45) is 11.3 Å². The van der Waals surface area contributed by atoms with Gasteiger partial charge in [0.2, 0.25) is 0 Å². The molecule has 2 aromatic rings. The second-order valence-corrected chi connectivity index (χ2v) is 8.86. The van der Waals surface area contributed by atoms with E-state index < -0.39 is 36.0 Å². The molecule has 31 heavy (non-hydrogen) atoms. The Bertz CT molecular complexity index is 1060. The van der Waals surface area contributed by atoms with Gasteiger partial charge in [0.15, 0.2) is 22.6 Å². The van der Waals surface area contributed by atoms with E-state index in [0.717, 1.165) is 38.5 Å². The maximum Gasteiger partial charge on any atom is 0.312 e. The van der Waals surface area contributed by atoms with Crippen LogP contribution in [-0.2, 0) is 14.3 Å². The lowest BCUT2D eigenvalue weighted by atomic mass is 9.61. The quantitative estimate of drug-likeness (QED) is 0.427. The predicted molar refractivity (Wildman–Crippen MR) is 107 cm³/mol. The minimum Gasteiger partial charge on any atom is -0.457 e. The van der Waals surface area contributed by atoms with Crippen LogP contribution in [-0.4, -0.2) is 48.9 Å². The van der Waals surface area contributed by atoms with E-state index in [0.29, 0.717) is 5.92 Å². The highest BCUT2D eigenvalue weighted by molar-refractivity contribution is 5.81. The van der Waals surface area contributed by atoms with Crippen LogP contribution in [0.2, 0.25) is 0 Å². The topological polar surface area (TPSA) is 125 Å². The smallest absolute Gasteiger partial charge is 0.312 e. The zero-order valence-electron chi connectivity index (χ0n) is 17.0. The summed E-state index contributed by atoms with van der Waals surface area (Å²) >= 11 is 0. The van der Waals surface area contributed by atoms with E-state index in [4.69, 9.17) is 21.6 Å². The molecule has 1 saturated heterocycles. The number of aliphatic hydroxyl groups is 1. The fraction of sp³-hybridized carbons (Fsp3) is 0.619. The molecule has 4 fully saturated rings. The monoisotopic (exact) mass is 429 g/mol. The molecule has 6 rings (SSSR count). The van der Waals surface area contributed by atoms with Crippen molar-refractivity contribution in [3.8, 4) is 12.3 Å². The molecule has 0 unspecified atom stereocenters. The lowest BCUT2D eigenvalue weighted by Gasteiger charge is -2.45. The number of fused-ring (bicyclic) bond motifs is 4. The molecule has 0 radical (unpaired) electrons. The normalized spacial score (nSPS) is 34.7. The van der Waals surface area contributed by atoms with Gasteiger partial charge < -0.3 is 20.3 Å². The Kier molecular flexibility index (Phi) is 4.64. The minimum absolute atomic E-state index is 0.0976. The summed E-state index contributed by atoms with van der Waals surface area (Å²) in [7, 11) is 0. The number of rotatable bonds is 4. The molecule has 3 atom stereocenters. The van der Waals surface area contributed by atoms with Gasteiger partial charge in [-0.3, -0.25) is 9.36 Å². The van der Waals surface area contributed by atoms with Crippen molar-refractivity contribution in [3.63, 3.8) is 0 Å². The number of carbonyl (C=O) groups excluding carboxylic acids is 1. The van der Waals surface area contributed by atoms with Crippen molar-refractivity contribution in [2.75, 3.05) is 12.3 Å². The number of nitrogens with two attached hydrogens (primary N) is 1. The van der Waals surface area contributed by atoms with Gasteiger partial charge in [0, 0.05) is 6.42 Å². The van der Waals surface area contributed by atoms with Crippen LogP contribution in [0, 0.1) is 29.8 Å². The average Bonchev–Trinajstić information content (AvgIpc) is 3.37. The Labute approximate surface area is 178 Å². The summed E-state index contributed by atoms with van der Waals surface area (Å²) < 4.78 is 27.1. The Balaban J connectivity index is 1.43. The highest BCUT2D eigenvalue weighted by atomic mass is 19.1. The van der Waals surface area contributed by atoms with Crippen LogP contribution in [0.25, 0.3) is 11.2 Å². The number of hydrogen-bond donors (Lipinski definition) is 2. The number of anilines is 1. The van der Waals surface area contributed by atoms with E-state index in [2.05, 4.69) is 20.9 Å². The van der Waals surface area contributed by atoms with Crippen molar-refractivity contribution >= 4 is 23.0 Å². The highest BCUT2D eigenvalue weighted by Crippen LogP contribution is 2.52. The van der Waals surface area contributed by atoms with Gasteiger partial charge in [0.25, 0.3) is 0 Å². The average molecular weight is 429 g/mol. The number of hydrogen-bond acceptors (Lipinski definition) is 8. The molecule has 0 amide bonds. The van der Waals surface area contributed by atoms with Crippen molar-refractivity contribution in [3.05, 3.63) is 12.4 Å². The van der Waals surface area contributed by atoms with E-state index in [9.17, 15) is 14.3 Å². The van der Waals surface area contributed by atoms with Crippen LogP contribution in [0.15, 0.2) is 6.33 Å². The first kappa shape index (κ1) is 20.2. The number of ether oxygens (including phenoxy) is 2. The molecule has 3 N–H and O–H groups in total. The number of carbonyl (C=O) groups is 1. The number of aliphatic hydroxyl groups excluding tert-OH is 1. The molecule has 3 saturated carbocycles. The van der Waals surface area contributed by atoms with Gasteiger partial charge in [0.05, 0.1) is 18.3 Å². The van der Waals surface area contributed by atoms with E-state index in [1.807, 2.05) is 0 Å². The highest BCUT2D eigenvalue weighted by Gasteiger charge is 2.54. The van der Waals surface area contributed by atoms with E-state index in [1.165, 1.54) is 10.9 Å². The summed E-state index contributed by atoms with van der Waals surface area (Å²) in [5.74, 6) is 2.81. The zero-order valence-corrected chi connectivity index (χ0v) is 17.0. The number of nitrogen functional groups attached to an aromatic ring is 1. The first-order valence-electron chi connectivity index (χ1n) is 10.5. The first-order valence-corrected chi connectivity index (χ1v) is 10.5. The summed E-state index contributed by atoms with van der Waals surface area (Å²) in [6, 6.07) is 0. The molecule has 3 heterocycles. The van der Waals surface area contributed by atoms with Gasteiger partial charge in [-0.1, -0.05) is 5.92 Å². The molecule has 2 aromatic heterocycles. The molecular weight excluding hydrogens is 405 g/mol. The third kappa shape index (κ3) is 3.06. The Morgan fingerprint density at radius 3 is 2.74 bits per heavy atom. The number of halogens is 1. The standard InChI is InChI=1S/C21H24FN5O4/c1-2-21(10-28)13(30-18(29)20-6-3-12(4-7-20)5-8-20)9-14(31-21)27-11-24-15-16(23)25-19(22)26-17(15)27/h1,11-14,28H,3-10H2,(H2,23,25,26)/t12?,13-,14+,20?,21+/m0/s1. The predicted octanol–water partition coefficient (Wildman–Crippen LogP) is 1.71. The second kappa shape index (κ2) is 7.14. The molecule has 9 nitrogen and oxygen atoms in total. The summed E-state index contributed by atoms with van der Waals surface area (Å²) in [5.41, 5.74) is 4.10. The maximum absolute atomic E-state index is 13.7. The third-order valence-corrected chi connectivity index (χ3v) is 7.27. The Morgan fingerprint density at radius 1 is 1.39 bits per heavy atom. The number of esters is 1. The molecule has 2 bridgehead atoms. The minimum atomic E-state index is -1.52. The Hall–Kier alpha value is -2.77. The van der Waals surface area contributed by atoms with Crippen molar-refractivity contribution in [1.82, 2.24) is 19.5 Å². The van der Waals surface area contributed by atoms with Crippen LogP contribution >= 0.6 is 0 Å². The maximum atomic E-state index is 13.7. The number of aromatic nitrogens is 4. The number of nitrogens with zero attached hydrogens (tertiary/aromatic N) is 4. The summed E-state index contributed by atoms with van der Waals surface area (Å²) in [6.07, 6.45) is 10.2. The van der Waals surface area contributed by atoms with Gasteiger partial charge in [-0.2, -0.15) is 14.4 Å². The second-order valence-electron chi connectivity index (χ2n) is 8.86. The molecule has 164 valence electrons. The largest absolute Gasteiger partial charge is 0.457 e. The van der Waals surface area contributed by atoms with Gasteiger partial charge >= 0.3 is 12.0 Å². The first-order chi connectivity index (χ1) is 14.9. The van der Waals surface area contributed by atoms with Crippen LogP contribution in [0.1, 0.15) is 51.2 Å². The Morgan fingerprint density at radius 2 is 2.10 bits per heavy atom. The van der Waals surface area contributed by atoms with E-state index in [-0.39, 0.29) is 29.4 Å².